The number of hydrogen-bond acceptors (Lipinski definition) is 3. The molecule has 0 saturated heterocycles. The van der Waals surface area contributed by atoms with Gasteiger partial charge in [-0.05, 0) is 43.5 Å². The molecular weight excluding hydrogens is 326 g/mol. The van der Waals surface area contributed by atoms with Crippen LogP contribution in [0.1, 0.15) is 90.9 Å². The van der Waals surface area contributed by atoms with E-state index in [0.717, 1.165) is 12.8 Å². The maximum atomic E-state index is 11.9. The van der Waals surface area contributed by atoms with Gasteiger partial charge in [-0.1, -0.05) is 71.6 Å². The van der Waals surface area contributed by atoms with Crippen molar-refractivity contribution in [1.82, 2.24) is 0 Å². The van der Waals surface area contributed by atoms with Crippen molar-refractivity contribution >= 4 is 11.7 Å². The van der Waals surface area contributed by atoms with Crippen LogP contribution >= 0.6 is 0 Å². The maximum Gasteiger partial charge on any atom is 0.348 e. The highest BCUT2D eigenvalue weighted by Crippen LogP contribution is 2.28. The van der Waals surface area contributed by atoms with Crippen LogP contribution in [0.25, 0.3) is 0 Å². The van der Waals surface area contributed by atoms with Gasteiger partial charge < -0.3 is 15.6 Å². The van der Waals surface area contributed by atoms with E-state index in [4.69, 9.17) is 10.5 Å². The fourth-order valence-corrected chi connectivity index (χ4v) is 3.26. The van der Waals surface area contributed by atoms with Crippen LogP contribution in [0.3, 0.4) is 0 Å². The summed E-state index contributed by atoms with van der Waals surface area (Å²) >= 11 is 0. The zero-order chi connectivity index (χ0) is 19.3. The van der Waals surface area contributed by atoms with Crippen molar-refractivity contribution in [1.29, 1.82) is 0 Å². The number of anilines is 1. The molecule has 3 N–H and O–H groups in total. The molecule has 0 aliphatic rings. The monoisotopic (exact) mass is 363 g/mol. The van der Waals surface area contributed by atoms with Gasteiger partial charge in [0, 0.05) is 5.69 Å². The van der Waals surface area contributed by atoms with Gasteiger partial charge in [0.05, 0.1) is 0 Å². The van der Waals surface area contributed by atoms with Crippen molar-refractivity contribution in [3.63, 3.8) is 0 Å². The van der Waals surface area contributed by atoms with E-state index in [0.29, 0.717) is 24.3 Å². The van der Waals surface area contributed by atoms with E-state index in [1.54, 1.807) is 24.3 Å². The molecular formula is C22H37NO3. The molecule has 0 radical (unpaired) electrons. The summed E-state index contributed by atoms with van der Waals surface area (Å²) in [5, 5.41) is 9.73. The Morgan fingerprint density at radius 1 is 0.923 bits per heavy atom. The number of rotatable bonds is 15. The first-order chi connectivity index (χ1) is 12.5. The van der Waals surface area contributed by atoms with Gasteiger partial charge >= 0.3 is 5.97 Å². The van der Waals surface area contributed by atoms with Crippen molar-refractivity contribution < 1.29 is 14.6 Å². The highest BCUT2D eigenvalue weighted by atomic mass is 16.5. The molecule has 0 aliphatic carbocycles. The third kappa shape index (κ3) is 8.11. The largest absolute Gasteiger partial charge is 0.478 e. The number of benzene rings is 1. The molecule has 148 valence electrons. The molecule has 0 bridgehead atoms. The molecule has 0 amide bonds. The van der Waals surface area contributed by atoms with Crippen LogP contribution in [0.5, 0.6) is 5.75 Å². The zero-order valence-corrected chi connectivity index (χ0v) is 16.6. The summed E-state index contributed by atoms with van der Waals surface area (Å²) < 4.78 is 5.90. The molecule has 4 nitrogen and oxygen atoms in total. The average molecular weight is 364 g/mol. The van der Waals surface area contributed by atoms with Gasteiger partial charge in [0.2, 0.25) is 5.60 Å². The predicted octanol–water partition coefficient (Wildman–Crippen LogP) is 6.19. The molecule has 0 aromatic heterocycles. The summed E-state index contributed by atoms with van der Waals surface area (Å²) in [6, 6.07) is 6.94. The number of nitrogens with two attached hydrogens (primary N) is 1. The summed E-state index contributed by atoms with van der Waals surface area (Å²) in [4.78, 5) is 11.9. The second kappa shape index (κ2) is 12.6. The summed E-state index contributed by atoms with van der Waals surface area (Å²) in [6.07, 6.45) is 13.3. The van der Waals surface area contributed by atoms with E-state index < -0.39 is 11.6 Å². The second-order valence-electron chi connectivity index (χ2n) is 7.26. The summed E-state index contributed by atoms with van der Waals surface area (Å²) in [7, 11) is 0. The predicted molar refractivity (Wildman–Crippen MR) is 109 cm³/mol. The topological polar surface area (TPSA) is 72.5 Å². The Kier molecular flexibility index (Phi) is 10.8. The molecule has 0 heterocycles. The summed E-state index contributed by atoms with van der Waals surface area (Å²) in [6.45, 7) is 4.12. The van der Waals surface area contributed by atoms with E-state index in [1.165, 1.54) is 51.4 Å². The van der Waals surface area contributed by atoms with Crippen LogP contribution < -0.4 is 10.5 Å². The minimum absolute atomic E-state index is 0.449. The molecule has 0 spiro atoms. The second-order valence-corrected chi connectivity index (χ2v) is 7.26. The standard InChI is InChI=1S/C22H37NO3/c1-3-5-6-7-8-9-10-11-12-13-18-22(4-2,21(24)25)26-20-16-14-19(23)15-17-20/h14-17H,3-13,18,23H2,1-2H3,(H,24,25). The molecule has 1 aromatic carbocycles. The molecule has 0 saturated carbocycles. The van der Waals surface area contributed by atoms with Crippen molar-refractivity contribution in [2.24, 2.45) is 0 Å². The van der Waals surface area contributed by atoms with Crippen LogP contribution in [0, 0.1) is 0 Å². The van der Waals surface area contributed by atoms with E-state index >= 15 is 0 Å². The van der Waals surface area contributed by atoms with Crippen molar-refractivity contribution in [2.75, 3.05) is 5.73 Å². The molecule has 4 heteroatoms. The number of aliphatic carboxylic acids is 1. The third-order valence-corrected chi connectivity index (χ3v) is 5.09. The first-order valence-electron chi connectivity index (χ1n) is 10.3. The Morgan fingerprint density at radius 2 is 1.42 bits per heavy atom. The van der Waals surface area contributed by atoms with Gasteiger partial charge in [0.25, 0.3) is 0 Å². The highest BCUT2D eigenvalue weighted by Gasteiger charge is 2.38. The fraction of sp³-hybridized carbons (Fsp3) is 0.682. The highest BCUT2D eigenvalue weighted by molar-refractivity contribution is 5.78. The molecule has 0 fully saturated rings. The minimum atomic E-state index is -1.14. The number of unbranched alkanes of at least 4 members (excludes halogenated alkanes) is 9. The number of carbonyl (C=O) groups is 1. The molecule has 1 unspecified atom stereocenters. The van der Waals surface area contributed by atoms with E-state index in [1.807, 2.05) is 6.92 Å². The zero-order valence-electron chi connectivity index (χ0n) is 16.6. The van der Waals surface area contributed by atoms with Crippen molar-refractivity contribution in [2.45, 2.75) is 96.5 Å². The van der Waals surface area contributed by atoms with E-state index in [2.05, 4.69) is 6.92 Å². The van der Waals surface area contributed by atoms with Crippen molar-refractivity contribution in [3.05, 3.63) is 24.3 Å². The van der Waals surface area contributed by atoms with Crippen LogP contribution in [-0.2, 0) is 4.79 Å². The lowest BCUT2D eigenvalue weighted by molar-refractivity contribution is -0.156. The molecule has 1 rings (SSSR count). The Labute approximate surface area is 159 Å². The normalized spacial score (nSPS) is 13.3. The van der Waals surface area contributed by atoms with Crippen LogP contribution in [0.2, 0.25) is 0 Å². The molecule has 1 aromatic rings. The number of carboxylic acids is 1. The number of nitrogen functional groups attached to an aromatic ring is 1. The number of ether oxygens (including phenoxy) is 1. The summed E-state index contributed by atoms with van der Waals surface area (Å²) in [5.41, 5.74) is 5.18. The smallest absolute Gasteiger partial charge is 0.348 e. The lowest BCUT2D eigenvalue weighted by atomic mass is 9.92. The summed E-state index contributed by atoms with van der Waals surface area (Å²) in [5.74, 6) is -0.316. The van der Waals surface area contributed by atoms with Gasteiger partial charge in [-0.25, -0.2) is 4.79 Å². The quantitative estimate of drug-likeness (QED) is 0.288. The first-order valence-corrected chi connectivity index (χ1v) is 10.3. The molecule has 1 atom stereocenters. The maximum absolute atomic E-state index is 11.9. The first kappa shape index (κ1) is 22.3. The Balaban J connectivity index is 2.34. The van der Waals surface area contributed by atoms with Gasteiger partial charge in [-0.3, -0.25) is 0 Å². The minimum Gasteiger partial charge on any atom is -0.478 e. The molecule has 26 heavy (non-hydrogen) atoms. The van der Waals surface area contributed by atoms with Gasteiger partial charge in [0.1, 0.15) is 5.75 Å². The Hall–Kier alpha value is -1.71. The van der Waals surface area contributed by atoms with E-state index in [9.17, 15) is 9.90 Å². The Bertz CT molecular complexity index is 501. The average Bonchev–Trinajstić information content (AvgIpc) is 2.63. The van der Waals surface area contributed by atoms with Gasteiger partial charge in [0.15, 0.2) is 0 Å². The number of hydrogen-bond donors (Lipinski definition) is 2. The fourth-order valence-electron chi connectivity index (χ4n) is 3.26. The van der Waals surface area contributed by atoms with Crippen molar-refractivity contribution in [3.8, 4) is 5.75 Å². The Morgan fingerprint density at radius 3 is 1.88 bits per heavy atom. The van der Waals surface area contributed by atoms with Gasteiger partial charge in [-0.15, -0.1) is 0 Å². The number of carboxylic acid groups (broad SMARTS) is 1. The molecule has 0 aliphatic heterocycles. The lowest BCUT2D eigenvalue weighted by Gasteiger charge is -2.29. The third-order valence-electron chi connectivity index (χ3n) is 5.09. The lowest BCUT2D eigenvalue weighted by Crippen LogP contribution is -2.44. The van der Waals surface area contributed by atoms with Crippen LogP contribution in [0.4, 0.5) is 5.69 Å². The van der Waals surface area contributed by atoms with Crippen LogP contribution in [0.15, 0.2) is 24.3 Å². The van der Waals surface area contributed by atoms with Gasteiger partial charge in [-0.2, -0.15) is 0 Å². The van der Waals surface area contributed by atoms with Crippen LogP contribution in [-0.4, -0.2) is 16.7 Å². The van der Waals surface area contributed by atoms with E-state index in [-0.39, 0.29) is 0 Å². The SMILES string of the molecule is CCCCCCCCCCCCC(CC)(Oc1ccc(N)cc1)C(=O)O.